The molecule has 29 heavy (non-hydrogen) atoms. The highest BCUT2D eigenvalue weighted by Crippen LogP contribution is 2.36. The number of nitrogens with zero attached hydrogens (tertiary/aromatic N) is 4. The van der Waals surface area contributed by atoms with Crippen molar-refractivity contribution in [3.63, 3.8) is 0 Å². The average Bonchev–Trinajstić information content (AvgIpc) is 3.26. The van der Waals surface area contributed by atoms with Gasteiger partial charge in [0.25, 0.3) is 5.89 Å². The fourth-order valence-electron chi connectivity index (χ4n) is 3.64. The average molecular weight is 398 g/mol. The third kappa shape index (κ3) is 4.19. The number of piperidine rings is 1. The molecule has 152 valence electrons. The Labute approximate surface area is 168 Å². The molecule has 1 aliphatic rings. The minimum Gasteiger partial charge on any atom is -0.387 e. The Morgan fingerprint density at radius 3 is 2.62 bits per heavy atom. The second kappa shape index (κ2) is 8.36. The van der Waals surface area contributed by atoms with Crippen LogP contribution in [0.15, 0.2) is 53.2 Å². The molecule has 4 rings (SSSR count). The van der Waals surface area contributed by atoms with E-state index in [0.717, 1.165) is 0 Å². The Morgan fingerprint density at radius 2 is 1.97 bits per heavy atom. The summed E-state index contributed by atoms with van der Waals surface area (Å²) in [6.07, 6.45) is 2.32. The standard InChI is InChI=1S/C21H23FN4O3/c1-28-21(20-24-19(25-29-20)17-4-2-3-11-23-17)9-12-26(13-10-21)14-18(27)15-5-7-16(22)8-6-15/h2-8,11,18,27H,9-10,12-14H2,1H3/t18-/m0/s1. The molecule has 1 saturated heterocycles. The highest BCUT2D eigenvalue weighted by Gasteiger charge is 2.41. The summed E-state index contributed by atoms with van der Waals surface area (Å²) < 4.78 is 24.4. The maximum absolute atomic E-state index is 13.1. The van der Waals surface area contributed by atoms with E-state index < -0.39 is 11.7 Å². The minimum absolute atomic E-state index is 0.312. The van der Waals surface area contributed by atoms with Crippen LogP contribution in [-0.4, -0.2) is 51.9 Å². The van der Waals surface area contributed by atoms with E-state index in [1.54, 1.807) is 25.4 Å². The maximum atomic E-state index is 13.1. The Kier molecular flexibility index (Phi) is 5.66. The third-order valence-electron chi connectivity index (χ3n) is 5.45. The largest absolute Gasteiger partial charge is 0.387 e. The molecule has 1 fully saturated rings. The second-order valence-electron chi connectivity index (χ2n) is 7.20. The minimum atomic E-state index is -0.676. The normalized spacial score (nSPS) is 17.9. The number of methoxy groups -OCH3 is 1. The summed E-state index contributed by atoms with van der Waals surface area (Å²) in [6.45, 7) is 1.87. The van der Waals surface area contributed by atoms with E-state index in [-0.39, 0.29) is 5.82 Å². The zero-order valence-electron chi connectivity index (χ0n) is 16.2. The van der Waals surface area contributed by atoms with Gasteiger partial charge in [-0.25, -0.2) is 4.39 Å². The van der Waals surface area contributed by atoms with Gasteiger partial charge in [-0.1, -0.05) is 23.4 Å². The summed E-state index contributed by atoms with van der Waals surface area (Å²) in [5.74, 6) is 0.569. The molecule has 1 aliphatic heterocycles. The number of halogens is 1. The lowest BCUT2D eigenvalue weighted by Gasteiger charge is -2.38. The van der Waals surface area contributed by atoms with E-state index in [2.05, 4.69) is 20.0 Å². The molecule has 0 aliphatic carbocycles. The maximum Gasteiger partial charge on any atom is 0.259 e. The molecular weight excluding hydrogens is 375 g/mol. The molecule has 0 unspecified atom stereocenters. The number of ether oxygens (including phenoxy) is 1. The first-order valence-electron chi connectivity index (χ1n) is 9.56. The highest BCUT2D eigenvalue weighted by molar-refractivity contribution is 5.47. The molecule has 0 bridgehead atoms. The number of aliphatic hydroxyl groups is 1. The van der Waals surface area contributed by atoms with Crippen LogP contribution in [0.1, 0.15) is 30.4 Å². The Bertz CT molecular complexity index is 925. The van der Waals surface area contributed by atoms with Crippen LogP contribution in [0.3, 0.4) is 0 Å². The summed E-state index contributed by atoms with van der Waals surface area (Å²) in [4.78, 5) is 10.9. The summed E-state index contributed by atoms with van der Waals surface area (Å²) in [7, 11) is 1.65. The van der Waals surface area contributed by atoms with Gasteiger partial charge < -0.3 is 19.3 Å². The Hall–Kier alpha value is -2.68. The van der Waals surface area contributed by atoms with Gasteiger partial charge in [0, 0.05) is 32.9 Å². The molecule has 0 amide bonds. The Balaban J connectivity index is 1.41. The summed E-state index contributed by atoms with van der Waals surface area (Å²) >= 11 is 0. The lowest BCUT2D eigenvalue weighted by Crippen LogP contribution is -2.45. The summed E-state index contributed by atoms with van der Waals surface area (Å²) in [6, 6.07) is 11.5. The van der Waals surface area contributed by atoms with Crippen molar-refractivity contribution >= 4 is 0 Å². The van der Waals surface area contributed by atoms with Gasteiger partial charge in [0.05, 0.1) is 6.10 Å². The second-order valence-corrected chi connectivity index (χ2v) is 7.20. The van der Waals surface area contributed by atoms with Crippen LogP contribution < -0.4 is 0 Å². The van der Waals surface area contributed by atoms with E-state index in [1.807, 2.05) is 18.2 Å². The van der Waals surface area contributed by atoms with Crippen molar-refractivity contribution < 1.29 is 18.8 Å². The van der Waals surface area contributed by atoms with Crippen molar-refractivity contribution in [1.29, 1.82) is 0 Å². The van der Waals surface area contributed by atoms with E-state index in [1.165, 1.54) is 12.1 Å². The molecule has 1 atom stereocenters. The predicted octanol–water partition coefficient (Wildman–Crippen LogP) is 2.94. The predicted molar refractivity (Wildman–Crippen MR) is 103 cm³/mol. The monoisotopic (exact) mass is 398 g/mol. The molecule has 3 aromatic rings. The van der Waals surface area contributed by atoms with Gasteiger partial charge in [-0.05, 0) is 42.7 Å². The van der Waals surface area contributed by atoms with Crippen molar-refractivity contribution in [2.24, 2.45) is 0 Å². The first kappa shape index (κ1) is 19.6. The van der Waals surface area contributed by atoms with Crippen LogP contribution in [0.4, 0.5) is 4.39 Å². The lowest BCUT2D eigenvalue weighted by atomic mass is 9.90. The number of rotatable bonds is 6. The molecule has 0 saturated carbocycles. The van der Waals surface area contributed by atoms with E-state index in [9.17, 15) is 9.50 Å². The van der Waals surface area contributed by atoms with E-state index in [4.69, 9.17) is 9.26 Å². The van der Waals surface area contributed by atoms with E-state index in [0.29, 0.717) is 55.4 Å². The van der Waals surface area contributed by atoms with Crippen molar-refractivity contribution in [3.8, 4) is 11.5 Å². The van der Waals surface area contributed by atoms with Crippen LogP contribution in [-0.2, 0) is 10.3 Å². The van der Waals surface area contributed by atoms with E-state index >= 15 is 0 Å². The van der Waals surface area contributed by atoms with Gasteiger partial charge >= 0.3 is 0 Å². The number of aromatic nitrogens is 3. The zero-order chi connectivity index (χ0) is 20.3. The number of likely N-dealkylation sites (tertiary alicyclic amines) is 1. The first-order chi connectivity index (χ1) is 14.1. The van der Waals surface area contributed by atoms with Gasteiger partial charge in [0.15, 0.2) is 0 Å². The van der Waals surface area contributed by atoms with Gasteiger partial charge in [-0.3, -0.25) is 4.98 Å². The van der Waals surface area contributed by atoms with Crippen LogP contribution >= 0.6 is 0 Å². The number of pyridine rings is 1. The topological polar surface area (TPSA) is 84.5 Å². The number of aliphatic hydroxyl groups excluding tert-OH is 1. The lowest BCUT2D eigenvalue weighted by molar-refractivity contribution is -0.0865. The first-order valence-corrected chi connectivity index (χ1v) is 9.56. The summed E-state index contributed by atoms with van der Waals surface area (Å²) in [5, 5.41) is 14.5. The van der Waals surface area contributed by atoms with Gasteiger partial charge in [0.2, 0.25) is 5.82 Å². The molecule has 8 heteroatoms. The number of hydrogen-bond donors (Lipinski definition) is 1. The SMILES string of the molecule is COC1(c2nc(-c3ccccn3)no2)CCN(C[C@H](O)c2ccc(F)cc2)CC1. The number of benzene rings is 1. The number of hydrogen-bond acceptors (Lipinski definition) is 7. The molecule has 1 N–H and O–H groups in total. The fourth-order valence-corrected chi connectivity index (χ4v) is 3.64. The molecule has 3 heterocycles. The van der Waals surface area contributed by atoms with Crippen LogP contribution in [0.2, 0.25) is 0 Å². The van der Waals surface area contributed by atoms with Gasteiger partial charge in [-0.15, -0.1) is 0 Å². The van der Waals surface area contributed by atoms with Crippen LogP contribution in [0, 0.1) is 5.82 Å². The van der Waals surface area contributed by atoms with Crippen LogP contribution in [0.25, 0.3) is 11.5 Å². The molecule has 2 aromatic heterocycles. The smallest absolute Gasteiger partial charge is 0.259 e. The Morgan fingerprint density at radius 1 is 1.21 bits per heavy atom. The van der Waals surface area contributed by atoms with Crippen molar-refractivity contribution in [2.45, 2.75) is 24.5 Å². The highest BCUT2D eigenvalue weighted by atomic mass is 19.1. The quantitative estimate of drug-likeness (QED) is 0.683. The molecule has 1 aromatic carbocycles. The van der Waals surface area contributed by atoms with Gasteiger partial charge in [-0.2, -0.15) is 4.98 Å². The van der Waals surface area contributed by atoms with Crippen molar-refractivity contribution in [3.05, 3.63) is 65.9 Å². The fraction of sp³-hybridized carbons (Fsp3) is 0.381. The number of β-amino-alcohol motifs (C(OH)–C–C–N with tert-alkyl or cyclic N) is 1. The molecule has 7 nitrogen and oxygen atoms in total. The molecule has 0 radical (unpaired) electrons. The van der Waals surface area contributed by atoms with Gasteiger partial charge in [0.1, 0.15) is 17.1 Å². The van der Waals surface area contributed by atoms with Crippen LogP contribution in [0.5, 0.6) is 0 Å². The zero-order valence-corrected chi connectivity index (χ0v) is 16.2. The summed E-state index contributed by atoms with van der Waals surface area (Å²) in [5.41, 5.74) is 0.692. The van der Waals surface area contributed by atoms with Crippen molar-refractivity contribution in [2.75, 3.05) is 26.7 Å². The molecule has 0 spiro atoms. The van der Waals surface area contributed by atoms with Crippen molar-refractivity contribution in [1.82, 2.24) is 20.0 Å². The molecular formula is C21H23FN4O3. The third-order valence-corrected chi connectivity index (χ3v) is 5.45.